The molecule has 0 unspecified atom stereocenters. The molecule has 1 atom stereocenters. The number of nitrogens with one attached hydrogen (secondary N) is 1. The van der Waals surface area contributed by atoms with Crippen molar-refractivity contribution >= 4 is 44.8 Å². The van der Waals surface area contributed by atoms with Crippen LogP contribution < -0.4 is 5.32 Å². The summed E-state index contributed by atoms with van der Waals surface area (Å²) in [5.41, 5.74) is 0.727. The summed E-state index contributed by atoms with van der Waals surface area (Å²) in [6.45, 7) is 3.11. The number of rotatable bonds is 4. The van der Waals surface area contributed by atoms with Crippen LogP contribution in [0.3, 0.4) is 0 Å². The van der Waals surface area contributed by atoms with Crippen LogP contribution in [0.15, 0.2) is 47.4 Å². The van der Waals surface area contributed by atoms with E-state index in [-0.39, 0.29) is 9.92 Å². The van der Waals surface area contributed by atoms with Crippen molar-refractivity contribution in [1.29, 1.82) is 0 Å². The number of benzene rings is 2. The zero-order valence-corrected chi connectivity index (χ0v) is 17.1. The Bertz CT molecular complexity index is 946. The molecule has 0 saturated carbocycles. The monoisotopic (exact) mass is 426 g/mol. The first-order chi connectivity index (χ1) is 12.8. The fourth-order valence-corrected chi connectivity index (χ4v) is 5.03. The largest absolute Gasteiger partial charge is 0.321 e. The van der Waals surface area contributed by atoms with Crippen LogP contribution >= 0.6 is 23.2 Å². The van der Waals surface area contributed by atoms with E-state index in [0.29, 0.717) is 35.3 Å². The highest BCUT2D eigenvalue weighted by Gasteiger charge is 2.28. The van der Waals surface area contributed by atoms with Gasteiger partial charge in [-0.15, -0.1) is 0 Å². The van der Waals surface area contributed by atoms with Gasteiger partial charge in [-0.05, 0) is 55.2 Å². The number of sulfonamides is 1. The van der Waals surface area contributed by atoms with Gasteiger partial charge in [-0.1, -0.05) is 36.2 Å². The highest BCUT2D eigenvalue weighted by molar-refractivity contribution is 7.89. The number of nitrogens with zero attached hydrogens (tertiary/aromatic N) is 1. The predicted octanol–water partition coefficient (Wildman–Crippen LogP) is 4.67. The SMILES string of the molecule is C[C@@H]1CCCN(S(=O)(=O)c2ccc(C(=O)Nc3cccc(Cl)c3Cl)cc2)C1. The second kappa shape index (κ2) is 8.19. The summed E-state index contributed by atoms with van der Waals surface area (Å²) < 4.78 is 27.1. The van der Waals surface area contributed by atoms with Gasteiger partial charge in [0, 0.05) is 18.7 Å². The van der Waals surface area contributed by atoms with Crippen molar-refractivity contribution in [1.82, 2.24) is 4.31 Å². The fraction of sp³-hybridized carbons (Fsp3) is 0.316. The molecule has 1 fully saturated rings. The normalized spacial score (nSPS) is 18.3. The maximum atomic E-state index is 12.8. The van der Waals surface area contributed by atoms with Crippen LogP contribution in [-0.4, -0.2) is 31.7 Å². The molecular weight excluding hydrogens is 407 g/mol. The average Bonchev–Trinajstić information content (AvgIpc) is 2.65. The number of anilines is 1. The van der Waals surface area contributed by atoms with Gasteiger partial charge in [0.2, 0.25) is 10.0 Å². The second-order valence-corrected chi connectivity index (χ2v) is 9.41. The van der Waals surface area contributed by atoms with Crippen LogP contribution in [0.5, 0.6) is 0 Å². The van der Waals surface area contributed by atoms with E-state index in [1.807, 2.05) is 0 Å². The Morgan fingerprint density at radius 2 is 1.85 bits per heavy atom. The van der Waals surface area contributed by atoms with Gasteiger partial charge in [0.05, 0.1) is 20.6 Å². The second-order valence-electron chi connectivity index (χ2n) is 6.69. The molecule has 1 N–H and O–H groups in total. The molecule has 1 saturated heterocycles. The topological polar surface area (TPSA) is 66.5 Å². The Kier molecular flexibility index (Phi) is 6.11. The summed E-state index contributed by atoms with van der Waals surface area (Å²) in [4.78, 5) is 12.6. The van der Waals surface area contributed by atoms with E-state index in [1.165, 1.54) is 28.6 Å². The van der Waals surface area contributed by atoms with Crippen LogP contribution in [0.1, 0.15) is 30.1 Å². The minimum Gasteiger partial charge on any atom is -0.321 e. The number of piperidine rings is 1. The van der Waals surface area contributed by atoms with Gasteiger partial charge < -0.3 is 5.32 Å². The molecule has 5 nitrogen and oxygen atoms in total. The molecular formula is C19H20Cl2N2O3S. The van der Waals surface area contributed by atoms with Gasteiger partial charge in [-0.25, -0.2) is 8.42 Å². The number of hydrogen-bond donors (Lipinski definition) is 1. The first kappa shape index (κ1) is 20.1. The minimum atomic E-state index is -3.55. The summed E-state index contributed by atoms with van der Waals surface area (Å²) in [5.74, 6) is -0.0456. The summed E-state index contributed by atoms with van der Waals surface area (Å²) in [7, 11) is -3.55. The zero-order valence-electron chi connectivity index (χ0n) is 14.8. The Morgan fingerprint density at radius 1 is 1.15 bits per heavy atom. The highest BCUT2D eigenvalue weighted by Crippen LogP contribution is 2.30. The Morgan fingerprint density at radius 3 is 2.52 bits per heavy atom. The molecule has 3 rings (SSSR count). The van der Waals surface area contributed by atoms with Crippen molar-refractivity contribution in [3.8, 4) is 0 Å². The van der Waals surface area contributed by atoms with E-state index < -0.39 is 15.9 Å². The van der Waals surface area contributed by atoms with E-state index in [9.17, 15) is 13.2 Å². The molecule has 0 aromatic heterocycles. The van der Waals surface area contributed by atoms with Crippen molar-refractivity contribution in [2.24, 2.45) is 5.92 Å². The quantitative estimate of drug-likeness (QED) is 0.772. The third kappa shape index (κ3) is 4.46. The standard InChI is InChI=1S/C19H20Cl2N2O3S/c1-13-4-3-11-23(12-13)27(25,26)15-9-7-14(8-10-15)19(24)22-17-6-2-5-16(20)18(17)21/h2,5-10,13H,3-4,11-12H2,1H3,(H,22,24)/t13-/m1/s1. The smallest absolute Gasteiger partial charge is 0.255 e. The van der Waals surface area contributed by atoms with Gasteiger partial charge in [0.1, 0.15) is 0 Å². The third-order valence-electron chi connectivity index (χ3n) is 4.57. The number of halogens is 2. The van der Waals surface area contributed by atoms with Crippen molar-refractivity contribution in [3.05, 3.63) is 58.1 Å². The highest BCUT2D eigenvalue weighted by atomic mass is 35.5. The Hall–Kier alpha value is -1.60. The molecule has 0 spiro atoms. The average molecular weight is 427 g/mol. The fourth-order valence-electron chi connectivity index (χ4n) is 3.09. The van der Waals surface area contributed by atoms with Gasteiger partial charge in [-0.2, -0.15) is 4.31 Å². The summed E-state index contributed by atoms with van der Waals surface area (Å²) in [6, 6.07) is 10.9. The van der Waals surface area contributed by atoms with Crippen molar-refractivity contribution < 1.29 is 13.2 Å². The van der Waals surface area contributed by atoms with E-state index in [4.69, 9.17) is 23.2 Å². The van der Waals surface area contributed by atoms with E-state index in [2.05, 4.69) is 12.2 Å². The number of carbonyl (C=O) groups is 1. The summed E-state index contributed by atoms with van der Waals surface area (Å²) >= 11 is 12.0. The zero-order chi connectivity index (χ0) is 19.6. The van der Waals surface area contributed by atoms with Gasteiger partial charge in [0.15, 0.2) is 0 Å². The predicted molar refractivity (Wildman–Crippen MR) is 108 cm³/mol. The Balaban J connectivity index is 1.76. The van der Waals surface area contributed by atoms with Crippen molar-refractivity contribution in [2.75, 3.05) is 18.4 Å². The number of hydrogen-bond acceptors (Lipinski definition) is 3. The summed E-state index contributed by atoms with van der Waals surface area (Å²) in [6.07, 6.45) is 1.90. The molecule has 0 radical (unpaired) electrons. The van der Waals surface area contributed by atoms with Gasteiger partial charge in [-0.3, -0.25) is 4.79 Å². The minimum absolute atomic E-state index is 0.189. The molecule has 2 aromatic carbocycles. The molecule has 144 valence electrons. The molecule has 2 aromatic rings. The first-order valence-corrected chi connectivity index (χ1v) is 10.8. The Labute approximate surface area is 169 Å². The maximum Gasteiger partial charge on any atom is 0.255 e. The third-order valence-corrected chi connectivity index (χ3v) is 7.27. The van der Waals surface area contributed by atoms with E-state index in [1.54, 1.807) is 18.2 Å². The maximum absolute atomic E-state index is 12.8. The van der Waals surface area contributed by atoms with Crippen LogP contribution in [0.25, 0.3) is 0 Å². The lowest BCUT2D eigenvalue weighted by atomic mass is 10.0. The van der Waals surface area contributed by atoms with Crippen LogP contribution in [-0.2, 0) is 10.0 Å². The molecule has 1 aliphatic heterocycles. The first-order valence-electron chi connectivity index (χ1n) is 8.64. The van der Waals surface area contributed by atoms with Crippen LogP contribution in [0, 0.1) is 5.92 Å². The molecule has 8 heteroatoms. The lowest BCUT2D eigenvalue weighted by Crippen LogP contribution is -2.39. The van der Waals surface area contributed by atoms with E-state index >= 15 is 0 Å². The van der Waals surface area contributed by atoms with E-state index in [0.717, 1.165) is 12.8 Å². The van der Waals surface area contributed by atoms with Crippen LogP contribution in [0.2, 0.25) is 10.0 Å². The molecule has 27 heavy (non-hydrogen) atoms. The molecule has 0 aliphatic carbocycles. The molecule has 0 bridgehead atoms. The molecule has 1 aliphatic rings. The number of amides is 1. The van der Waals surface area contributed by atoms with Crippen LogP contribution in [0.4, 0.5) is 5.69 Å². The van der Waals surface area contributed by atoms with Crippen molar-refractivity contribution in [3.63, 3.8) is 0 Å². The van der Waals surface area contributed by atoms with Crippen molar-refractivity contribution in [2.45, 2.75) is 24.7 Å². The van der Waals surface area contributed by atoms with Gasteiger partial charge in [0.25, 0.3) is 5.91 Å². The van der Waals surface area contributed by atoms with Gasteiger partial charge >= 0.3 is 0 Å². The summed E-state index contributed by atoms with van der Waals surface area (Å²) in [5, 5.41) is 3.27. The molecule has 1 amide bonds. The lowest BCUT2D eigenvalue weighted by molar-refractivity contribution is 0.102. The lowest BCUT2D eigenvalue weighted by Gasteiger charge is -2.30. The molecule has 1 heterocycles. The number of carbonyl (C=O) groups excluding carboxylic acids is 1.